The molecule has 0 bridgehead atoms. The fraction of sp³-hybridized carbons (Fsp3) is 0.875. The van der Waals surface area contributed by atoms with Crippen molar-refractivity contribution >= 4 is 5.91 Å². The highest BCUT2D eigenvalue weighted by molar-refractivity contribution is 5.80. The van der Waals surface area contributed by atoms with Crippen LogP contribution in [0.2, 0.25) is 0 Å². The van der Waals surface area contributed by atoms with Crippen LogP contribution >= 0.6 is 0 Å². The number of aliphatic hydroxyl groups is 1. The zero-order valence-corrected chi connectivity index (χ0v) is 7.71. The molecular weight excluding hydrogens is 156 g/mol. The molecule has 0 heterocycles. The molecule has 0 aliphatic heterocycles. The molecule has 0 fully saturated rings. The Morgan fingerprint density at radius 1 is 1.58 bits per heavy atom. The quantitative estimate of drug-likeness (QED) is 0.524. The molecule has 0 aromatic carbocycles. The lowest BCUT2D eigenvalue weighted by molar-refractivity contribution is -0.122. The van der Waals surface area contributed by atoms with Crippen LogP contribution in [-0.4, -0.2) is 30.2 Å². The van der Waals surface area contributed by atoms with Crippen LogP contribution in [0.1, 0.15) is 20.3 Å². The molecule has 4 heteroatoms. The summed E-state index contributed by atoms with van der Waals surface area (Å²) in [7, 11) is 0. The summed E-state index contributed by atoms with van der Waals surface area (Å²) in [6.45, 7) is 4.36. The topological polar surface area (TPSA) is 75.3 Å². The minimum Gasteiger partial charge on any atom is -0.396 e. The molecule has 0 aliphatic rings. The van der Waals surface area contributed by atoms with Crippen molar-refractivity contribution in [1.82, 2.24) is 5.32 Å². The van der Waals surface area contributed by atoms with Crippen LogP contribution in [0.4, 0.5) is 0 Å². The second kappa shape index (κ2) is 5.97. The summed E-state index contributed by atoms with van der Waals surface area (Å²) < 4.78 is 0. The van der Waals surface area contributed by atoms with Crippen LogP contribution in [0, 0.1) is 5.92 Å². The zero-order valence-electron chi connectivity index (χ0n) is 7.71. The van der Waals surface area contributed by atoms with E-state index in [2.05, 4.69) is 5.32 Å². The number of nitrogens with one attached hydrogen (secondary N) is 1. The summed E-state index contributed by atoms with van der Waals surface area (Å²) in [5, 5.41) is 11.3. The molecule has 0 aliphatic carbocycles. The average molecular weight is 174 g/mol. The average Bonchev–Trinajstić information content (AvgIpc) is 2.00. The van der Waals surface area contributed by atoms with Gasteiger partial charge in [0.2, 0.25) is 5.91 Å². The molecule has 1 unspecified atom stereocenters. The molecular formula is C8H18N2O2. The predicted octanol–water partition coefficient (Wildman–Crippen LogP) is -0.532. The Bertz CT molecular complexity index is 137. The van der Waals surface area contributed by atoms with Gasteiger partial charge in [-0.1, -0.05) is 6.92 Å². The lowest BCUT2D eigenvalue weighted by atomic mass is 10.1. The maximum atomic E-state index is 11.0. The monoisotopic (exact) mass is 174 g/mol. The Labute approximate surface area is 73.1 Å². The van der Waals surface area contributed by atoms with Gasteiger partial charge in [0.25, 0.3) is 0 Å². The highest BCUT2D eigenvalue weighted by Gasteiger charge is 2.08. The molecule has 0 spiro atoms. The van der Waals surface area contributed by atoms with Crippen LogP contribution in [0.15, 0.2) is 0 Å². The minimum atomic E-state index is -0.452. The molecule has 0 aromatic rings. The summed E-state index contributed by atoms with van der Waals surface area (Å²) >= 11 is 0. The Morgan fingerprint density at radius 2 is 2.17 bits per heavy atom. The molecule has 0 aromatic heterocycles. The third-order valence-corrected chi connectivity index (χ3v) is 1.66. The van der Waals surface area contributed by atoms with E-state index in [1.54, 1.807) is 6.92 Å². The number of hydrogen-bond acceptors (Lipinski definition) is 3. The molecule has 1 amide bonds. The number of hydrogen-bond donors (Lipinski definition) is 3. The van der Waals surface area contributed by atoms with Crippen molar-refractivity contribution in [3.8, 4) is 0 Å². The van der Waals surface area contributed by atoms with Crippen molar-refractivity contribution < 1.29 is 9.90 Å². The fourth-order valence-corrected chi connectivity index (χ4v) is 0.758. The van der Waals surface area contributed by atoms with Gasteiger partial charge in [0.1, 0.15) is 0 Å². The second-order valence-corrected chi connectivity index (χ2v) is 3.15. The number of carbonyl (C=O) groups is 1. The van der Waals surface area contributed by atoms with E-state index >= 15 is 0 Å². The summed E-state index contributed by atoms with van der Waals surface area (Å²) in [6, 6.07) is -0.452. The first kappa shape index (κ1) is 11.4. The highest BCUT2D eigenvalue weighted by Crippen LogP contribution is 1.97. The van der Waals surface area contributed by atoms with E-state index in [4.69, 9.17) is 10.8 Å². The maximum Gasteiger partial charge on any atom is 0.236 e. The maximum absolute atomic E-state index is 11.0. The smallest absolute Gasteiger partial charge is 0.236 e. The predicted molar refractivity (Wildman–Crippen MR) is 47.5 cm³/mol. The Balaban J connectivity index is 3.47. The van der Waals surface area contributed by atoms with Crippen LogP contribution in [0.25, 0.3) is 0 Å². The van der Waals surface area contributed by atoms with Gasteiger partial charge >= 0.3 is 0 Å². The molecule has 0 radical (unpaired) electrons. The first-order valence-corrected chi connectivity index (χ1v) is 4.22. The third kappa shape index (κ3) is 5.09. The number of nitrogens with two attached hydrogens (primary N) is 1. The van der Waals surface area contributed by atoms with Gasteiger partial charge in [-0.05, 0) is 19.3 Å². The molecule has 0 saturated carbocycles. The van der Waals surface area contributed by atoms with Crippen molar-refractivity contribution in [3.63, 3.8) is 0 Å². The van der Waals surface area contributed by atoms with E-state index in [1.807, 2.05) is 6.92 Å². The van der Waals surface area contributed by atoms with E-state index in [0.717, 1.165) is 0 Å². The summed E-state index contributed by atoms with van der Waals surface area (Å²) in [4.78, 5) is 11.0. The van der Waals surface area contributed by atoms with E-state index in [1.165, 1.54) is 0 Å². The summed E-state index contributed by atoms with van der Waals surface area (Å²) in [5.41, 5.74) is 5.33. The molecule has 2 atom stereocenters. The van der Waals surface area contributed by atoms with Crippen LogP contribution in [-0.2, 0) is 4.79 Å². The minimum absolute atomic E-state index is 0.139. The molecule has 0 rings (SSSR count). The van der Waals surface area contributed by atoms with Gasteiger partial charge in [0, 0.05) is 13.2 Å². The molecule has 4 nitrogen and oxygen atoms in total. The fourth-order valence-electron chi connectivity index (χ4n) is 0.758. The summed E-state index contributed by atoms with van der Waals surface area (Å²) in [5.74, 6) is 0.164. The number of amides is 1. The lowest BCUT2D eigenvalue weighted by Gasteiger charge is -2.12. The Kier molecular flexibility index (Phi) is 5.66. The van der Waals surface area contributed by atoms with Crippen molar-refractivity contribution in [2.45, 2.75) is 26.3 Å². The second-order valence-electron chi connectivity index (χ2n) is 3.15. The standard InChI is InChI=1S/C8H18N2O2/c1-6(3-4-11)5-10-8(12)7(2)9/h6-7,11H,3-5,9H2,1-2H3,(H,10,12)/t6?,7-/m0/s1. The zero-order chi connectivity index (χ0) is 9.56. The van der Waals surface area contributed by atoms with E-state index in [-0.39, 0.29) is 12.5 Å². The number of carbonyl (C=O) groups excluding carboxylic acids is 1. The van der Waals surface area contributed by atoms with Gasteiger partial charge in [-0.25, -0.2) is 0 Å². The molecule has 4 N–H and O–H groups in total. The number of rotatable bonds is 5. The van der Waals surface area contributed by atoms with E-state index < -0.39 is 6.04 Å². The van der Waals surface area contributed by atoms with Crippen molar-refractivity contribution in [1.29, 1.82) is 0 Å². The van der Waals surface area contributed by atoms with Gasteiger partial charge < -0.3 is 16.2 Å². The molecule has 12 heavy (non-hydrogen) atoms. The highest BCUT2D eigenvalue weighted by atomic mass is 16.3. The van der Waals surface area contributed by atoms with Crippen LogP contribution in [0.3, 0.4) is 0 Å². The Hall–Kier alpha value is -0.610. The van der Waals surface area contributed by atoms with Gasteiger partial charge in [-0.2, -0.15) is 0 Å². The number of aliphatic hydroxyl groups excluding tert-OH is 1. The first-order valence-electron chi connectivity index (χ1n) is 4.22. The molecule has 0 saturated heterocycles. The van der Waals surface area contributed by atoms with Crippen molar-refractivity contribution in [2.75, 3.05) is 13.2 Å². The van der Waals surface area contributed by atoms with E-state index in [0.29, 0.717) is 18.9 Å². The lowest BCUT2D eigenvalue weighted by Crippen LogP contribution is -2.40. The van der Waals surface area contributed by atoms with Gasteiger partial charge in [0.05, 0.1) is 6.04 Å². The van der Waals surface area contributed by atoms with Crippen molar-refractivity contribution in [2.24, 2.45) is 11.7 Å². The van der Waals surface area contributed by atoms with Gasteiger partial charge in [-0.3, -0.25) is 4.79 Å². The van der Waals surface area contributed by atoms with Crippen LogP contribution < -0.4 is 11.1 Å². The summed E-state index contributed by atoms with van der Waals surface area (Å²) in [6.07, 6.45) is 0.708. The normalized spacial score (nSPS) is 15.3. The van der Waals surface area contributed by atoms with Crippen molar-refractivity contribution in [3.05, 3.63) is 0 Å². The van der Waals surface area contributed by atoms with Gasteiger partial charge in [-0.15, -0.1) is 0 Å². The Morgan fingerprint density at radius 3 is 2.58 bits per heavy atom. The first-order chi connectivity index (χ1) is 5.57. The SMILES string of the molecule is CC(CCO)CNC(=O)[C@H](C)N. The van der Waals surface area contributed by atoms with Crippen LogP contribution in [0.5, 0.6) is 0 Å². The molecule has 72 valence electrons. The third-order valence-electron chi connectivity index (χ3n) is 1.66. The van der Waals surface area contributed by atoms with E-state index in [9.17, 15) is 4.79 Å². The largest absolute Gasteiger partial charge is 0.396 e. The van der Waals surface area contributed by atoms with Gasteiger partial charge in [0.15, 0.2) is 0 Å².